The van der Waals surface area contributed by atoms with E-state index in [1.807, 2.05) is 18.2 Å². The Bertz CT molecular complexity index is 522. The largest absolute Gasteiger partial charge is 0.489 e. The van der Waals surface area contributed by atoms with E-state index >= 15 is 0 Å². The number of hydrogen-bond donors (Lipinski definition) is 0. The third kappa shape index (κ3) is 3.43. The molecule has 0 amide bonds. The zero-order valence-corrected chi connectivity index (χ0v) is 12.4. The first-order valence-electron chi connectivity index (χ1n) is 4.81. The van der Waals surface area contributed by atoms with Gasteiger partial charge < -0.3 is 4.74 Å². The molecule has 0 saturated heterocycles. The number of ether oxygens (including phenoxy) is 1. The summed E-state index contributed by atoms with van der Waals surface area (Å²) in [5.74, 6) is 0.768. The van der Waals surface area contributed by atoms with Gasteiger partial charge in [-0.2, -0.15) is 0 Å². The van der Waals surface area contributed by atoms with Gasteiger partial charge in [-0.3, -0.25) is 4.79 Å². The predicted octanol–water partition coefficient (Wildman–Crippen LogP) is 4.40. The summed E-state index contributed by atoms with van der Waals surface area (Å²) in [6.45, 7) is 0.463. The van der Waals surface area contributed by atoms with E-state index in [9.17, 15) is 4.79 Å². The van der Waals surface area contributed by atoms with Crippen LogP contribution in [0, 0.1) is 2.88 Å². The van der Waals surface area contributed by atoms with Crippen LogP contribution in [0.3, 0.4) is 0 Å². The molecule has 1 heterocycles. The topological polar surface area (TPSA) is 26.3 Å². The number of hydrogen-bond acceptors (Lipinski definition) is 3. The molecule has 0 unspecified atom stereocenters. The molecule has 0 fully saturated rings. The minimum absolute atomic E-state index is 0.463. The second-order valence-corrected chi connectivity index (χ2v) is 6.64. The van der Waals surface area contributed by atoms with E-state index in [0.717, 1.165) is 25.4 Å². The average Bonchev–Trinajstić information content (AvgIpc) is 2.69. The van der Waals surface area contributed by atoms with E-state index in [-0.39, 0.29) is 0 Å². The number of carbonyl (C=O) groups excluding carboxylic acids is 1. The molecule has 0 atom stereocenters. The Morgan fingerprint density at radius 2 is 2.06 bits per heavy atom. The maximum absolute atomic E-state index is 10.6. The Kier molecular flexibility index (Phi) is 4.42. The van der Waals surface area contributed by atoms with E-state index in [1.165, 1.54) is 11.3 Å². The smallest absolute Gasteiger partial charge is 0.160 e. The SMILES string of the molecule is O=Cc1cc(COc2ccc(Cl)cc2)c(I)s1. The number of thiophene rings is 1. The molecule has 88 valence electrons. The van der Waals surface area contributed by atoms with Gasteiger partial charge in [0, 0.05) is 10.6 Å². The maximum atomic E-state index is 10.6. The second kappa shape index (κ2) is 5.84. The van der Waals surface area contributed by atoms with Crippen molar-refractivity contribution in [3.8, 4) is 5.75 Å². The van der Waals surface area contributed by atoms with Crippen LogP contribution in [-0.2, 0) is 6.61 Å². The van der Waals surface area contributed by atoms with Crippen LogP contribution in [-0.4, -0.2) is 6.29 Å². The molecule has 0 aliphatic heterocycles. The van der Waals surface area contributed by atoms with Crippen molar-refractivity contribution in [1.29, 1.82) is 0 Å². The number of halogens is 2. The van der Waals surface area contributed by atoms with Gasteiger partial charge in [0.1, 0.15) is 12.4 Å². The second-order valence-electron chi connectivity index (χ2n) is 3.31. The van der Waals surface area contributed by atoms with Crippen LogP contribution in [0.25, 0.3) is 0 Å². The summed E-state index contributed by atoms with van der Waals surface area (Å²) in [5.41, 5.74) is 1.03. The number of benzene rings is 1. The molecule has 2 aromatic rings. The zero-order chi connectivity index (χ0) is 12.3. The normalized spacial score (nSPS) is 10.2. The van der Waals surface area contributed by atoms with Crippen molar-refractivity contribution in [2.45, 2.75) is 6.61 Å². The van der Waals surface area contributed by atoms with Crippen molar-refractivity contribution < 1.29 is 9.53 Å². The van der Waals surface area contributed by atoms with Gasteiger partial charge in [0.05, 0.1) is 7.76 Å². The summed E-state index contributed by atoms with van der Waals surface area (Å²) in [5, 5.41) is 0.686. The monoisotopic (exact) mass is 378 g/mol. The summed E-state index contributed by atoms with van der Waals surface area (Å²) in [6, 6.07) is 9.07. The van der Waals surface area contributed by atoms with Gasteiger partial charge in [0.15, 0.2) is 6.29 Å². The molecular formula is C12H8ClIO2S. The molecule has 0 bridgehead atoms. The Morgan fingerprint density at radius 3 is 2.65 bits per heavy atom. The van der Waals surface area contributed by atoms with Crippen molar-refractivity contribution in [1.82, 2.24) is 0 Å². The van der Waals surface area contributed by atoms with Crippen LogP contribution in [0.4, 0.5) is 0 Å². The predicted molar refractivity (Wildman–Crippen MR) is 78.2 cm³/mol. The quantitative estimate of drug-likeness (QED) is 0.582. The average molecular weight is 379 g/mol. The van der Waals surface area contributed by atoms with Gasteiger partial charge in [-0.25, -0.2) is 0 Å². The maximum Gasteiger partial charge on any atom is 0.160 e. The molecule has 1 aromatic carbocycles. The number of aldehydes is 1. The van der Waals surface area contributed by atoms with Crippen molar-refractivity contribution in [3.63, 3.8) is 0 Å². The lowest BCUT2D eigenvalue weighted by Crippen LogP contribution is -1.94. The fourth-order valence-corrected chi connectivity index (χ4v) is 3.18. The van der Waals surface area contributed by atoms with Gasteiger partial charge >= 0.3 is 0 Å². The van der Waals surface area contributed by atoms with Crippen molar-refractivity contribution >= 4 is 51.8 Å². The van der Waals surface area contributed by atoms with Gasteiger partial charge in [-0.15, -0.1) is 11.3 Å². The summed E-state index contributed by atoms with van der Waals surface area (Å²) in [4.78, 5) is 11.4. The van der Waals surface area contributed by atoms with Crippen LogP contribution < -0.4 is 4.74 Å². The van der Waals surface area contributed by atoms with Crippen molar-refractivity contribution in [2.24, 2.45) is 0 Å². The zero-order valence-electron chi connectivity index (χ0n) is 8.65. The summed E-state index contributed by atoms with van der Waals surface area (Å²) in [6.07, 6.45) is 0.860. The Labute approximate surface area is 122 Å². The third-order valence-corrected chi connectivity index (χ3v) is 4.60. The Balaban J connectivity index is 2.04. The molecule has 1 aromatic heterocycles. The van der Waals surface area contributed by atoms with E-state index in [0.29, 0.717) is 11.6 Å². The van der Waals surface area contributed by atoms with Crippen LogP contribution in [0.2, 0.25) is 5.02 Å². The first kappa shape index (κ1) is 12.9. The van der Waals surface area contributed by atoms with Gasteiger partial charge in [0.2, 0.25) is 0 Å². The van der Waals surface area contributed by atoms with E-state index < -0.39 is 0 Å². The van der Waals surface area contributed by atoms with Gasteiger partial charge in [-0.05, 0) is 52.9 Å². The molecule has 0 saturated carbocycles. The van der Waals surface area contributed by atoms with E-state index in [4.69, 9.17) is 16.3 Å². The van der Waals surface area contributed by atoms with Crippen LogP contribution in [0.5, 0.6) is 5.75 Å². The van der Waals surface area contributed by atoms with Gasteiger partial charge in [-0.1, -0.05) is 11.6 Å². The first-order chi connectivity index (χ1) is 8.19. The van der Waals surface area contributed by atoms with E-state index in [2.05, 4.69) is 22.6 Å². The highest BCUT2D eigenvalue weighted by Crippen LogP contribution is 2.25. The molecule has 0 aliphatic carbocycles. The standard InChI is InChI=1S/C12H8ClIO2S/c13-9-1-3-10(4-2-9)16-7-8-5-11(6-15)17-12(8)14/h1-6H,7H2. The summed E-state index contributed by atoms with van der Waals surface area (Å²) >= 11 is 9.46. The lowest BCUT2D eigenvalue weighted by molar-refractivity contribution is 0.112. The molecule has 0 spiro atoms. The minimum Gasteiger partial charge on any atom is -0.489 e. The van der Waals surface area contributed by atoms with Crippen LogP contribution >= 0.6 is 45.5 Å². The fourth-order valence-electron chi connectivity index (χ4n) is 1.28. The van der Waals surface area contributed by atoms with Crippen molar-refractivity contribution in [2.75, 3.05) is 0 Å². The lowest BCUT2D eigenvalue weighted by atomic mass is 10.3. The highest BCUT2D eigenvalue weighted by atomic mass is 127. The number of carbonyl (C=O) groups is 1. The van der Waals surface area contributed by atoms with Gasteiger partial charge in [0.25, 0.3) is 0 Å². The van der Waals surface area contributed by atoms with Crippen LogP contribution in [0.15, 0.2) is 30.3 Å². The molecule has 5 heteroatoms. The molecule has 2 rings (SSSR count). The Morgan fingerprint density at radius 1 is 1.35 bits per heavy atom. The molecule has 0 N–H and O–H groups in total. The molecular weight excluding hydrogens is 371 g/mol. The van der Waals surface area contributed by atoms with E-state index in [1.54, 1.807) is 12.1 Å². The lowest BCUT2D eigenvalue weighted by Gasteiger charge is -2.05. The van der Waals surface area contributed by atoms with Crippen LogP contribution in [0.1, 0.15) is 15.2 Å². The molecule has 0 aliphatic rings. The third-order valence-electron chi connectivity index (χ3n) is 2.10. The summed E-state index contributed by atoms with van der Waals surface area (Å²) in [7, 11) is 0. The highest BCUT2D eigenvalue weighted by molar-refractivity contribution is 14.1. The fraction of sp³-hybridized carbons (Fsp3) is 0.0833. The molecule has 17 heavy (non-hydrogen) atoms. The molecule has 2 nitrogen and oxygen atoms in total. The Hall–Kier alpha value is -0.590. The van der Waals surface area contributed by atoms with Crippen molar-refractivity contribution in [3.05, 3.63) is 48.7 Å². The minimum atomic E-state index is 0.463. The first-order valence-corrected chi connectivity index (χ1v) is 7.08. The summed E-state index contributed by atoms with van der Waals surface area (Å²) < 4.78 is 6.70. The molecule has 0 radical (unpaired) electrons. The highest BCUT2D eigenvalue weighted by Gasteiger charge is 2.06. The number of rotatable bonds is 4.